The van der Waals surface area contributed by atoms with Gasteiger partial charge in [-0.15, -0.1) is 0 Å². The molecule has 4 nitrogen and oxygen atoms in total. The van der Waals surface area contributed by atoms with E-state index in [9.17, 15) is 0 Å². The topological polar surface area (TPSA) is 47.1 Å². The van der Waals surface area contributed by atoms with E-state index in [2.05, 4.69) is 25.9 Å². The first-order chi connectivity index (χ1) is 6.16. The molecule has 5 heteroatoms. The maximum absolute atomic E-state index is 5.70. The van der Waals surface area contributed by atoms with E-state index in [0.717, 1.165) is 24.1 Å². The van der Waals surface area contributed by atoms with Crippen molar-refractivity contribution < 1.29 is 0 Å². The van der Waals surface area contributed by atoms with E-state index in [4.69, 9.17) is 5.73 Å². The fraction of sp³-hybridized carbons (Fsp3) is 0.625. The molecule has 1 aromatic rings. The highest BCUT2D eigenvalue weighted by Crippen LogP contribution is 2.19. The van der Waals surface area contributed by atoms with Crippen molar-refractivity contribution in [3.63, 3.8) is 0 Å². The summed E-state index contributed by atoms with van der Waals surface area (Å²) in [5.74, 6) is 0. The highest BCUT2D eigenvalue weighted by molar-refractivity contribution is 9.10. The molecule has 2 N–H and O–H groups in total. The molecule has 13 heavy (non-hydrogen) atoms. The average Bonchev–Trinajstić information content (AvgIpc) is 2.32. The van der Waals surface area contributed by atoms with Crippen molar-refractivity contribution in [3.8, 4) is 0 Å². The van der Waals surface area contributed by atoms with Crippen LogP contribution in [0.3, 0.4) is 0 Å². The van der Waals surface area contributed by atoms with Crippen molar-refractivity contribution >= 4 is 15.9 Å². The maximum atomic E-state index is 5.70. The molecular formula is C8H13BrN4. The van der Waals surface area contributed by atoms with Crippen LogP contribution in [-0.2, 0) is 13.6 Å². The molecule has 2 heterocycles. The molecule has 0 radical (unpaired) electrons. The number of aryl methyl sites for hydroxylation is 1. The first-order valence-electron chi connectivity index (χ1n) is 4.31. The van der Waals surface area contributed by atoms with Gasteiger partial charge in [-0.2, -0.15) is 5.10 Å². The van der Waals surface area contributed by atoms with Crippen molar-refractivity contribution in [1.82, 2.24) is 14.7 Å². The minimum atomic E-state index is 0.368. The first-order valence-corrected chi connectivity index (χ1v) is 5.10. The van der Waals surface area contributed by atoms with E-state index < -0.39 is 0 Å². The van der Waals surface area contributed by atoms with E-state index in [1.54, 1.807) is 0 Å². The van der Waals surface area contributed by atoms with Gasteiger partial charge in [-0.1, -0.05) is 0 Å². The second-order valence-corrected chi connectivity index (χ2v) is 4.37. The van der Waals surface area contributed by atoms with Crippen molar-refractivity contribution in [1.29, 1.82) is 0 Å². The lowest BCUT2D eigenvalue weighted by Crippen LogP contribution is -2.55. The lowest BCUT2D eigenvalue weighted by atomic mass is 10.1. The lowest BCUT2D eigenvalue weighted by Gasteiger charge is -2.36. The first kappa shape index (κ1) is 9.18. The molecule has 0 saturated carbocycles. The van der Waals surface area contributed by atoms with Crippen LogP contribution in [0, 0.1) is 0 Å². The van der Waals surface area contributed by atoms with Crippen molar-refractivity contribution in [2.75, 3.05) is 13.1 Å². The van der Waals surface area contributed by atoms with Crippen LogP contribution >= 0.6 is 15.9 Å². The predicted molar refractivity (Wildman–Crippen MR) is 54.2 cm³/mol. The summed E-state index contributed by atoms with van der Waals surface area (Å²) in [6, 6.07) is 0.368. The highest BCUT2D eigenvalue weighted by Gasteiger charge is 2.24. The number of hydrogen-bond donors (Lipinski definition) is 1. The Balaban J connectivity index is 2.01. The molecule has 0 aliphatic carbocycles. The standard InChI is InChI=1S/C8H13BrN4/c1-12-8(7(9)2-11-12)5-13-3-6(10)4-13/h2,6H,3-5,10H2,1H3. The fourth-order valence-electron chi connectivity index (χ4n) is 1.56. The van der Waals surface area contributed by atoms with Crippen LogP contribution in [0.4, 0.5) is 0 Å². The molecule has 0 amide bonds. The van der Waals surface area contributed by atoms with Gasteiger partial charge in [0.2, 0.25) is 0 Å². The zero-order valence-corrected chi connectivity index (χ0v) is 9.16. The van der Waals surface area contributed by atoms with Gasteiger partial charge >= 0.3 is 0 Å². The third-order valence-corrected chi connectivity index (χ3v) is 3.03. The molecule has 1 fully saturated rings. The van der Waals surface area contributed by atoms with Gasteiger partial charge in [0, 0.05) is 32.7 Å². The smallest absolute Gasteiger partial charge is 0.0663 e. The fourth-order valence-corrected chi connectivity index (χ4v) is 2.04. The summed E-state index contributed by atoms with van der Waals surface area (Å²) in [5, 5.41) is 4.16. The second-order valence-electron chi connectivity index (χ2n) is 3.52. The predicted octanol–water partition coefficient (Wildman–Crippen LogP) is 0.326. The molecule has 0 aromatic carbocycles. The molecule has 1 saturated heterocycles. The zero-order chi connectivity index (χ0) is 9.42. The number of hydrogen-bond acceptors (Lipinski definition) is 3. The molecule has 2 rings (SSSR count). The normalized spacial score (nSPS) is 19.0. The van der Waals surface area contributed by atoms with E-state index >= 15 is 0 Å². The molecule has 0 bridgehead atoms. The molecule has 1 aromatic heterocycles. The summed E-state index contributed by atoms with van der Waals surface area (Å²) in [6.45, 7) is 2.93. The molecule has 0 unspecified atom stereocenters. The molecule has 1 aliphatic rings. The zero-order valence-electron chi connectivity index (χ0n) is 7.57. The number of halogens is 1. The van der Waals surface area contributed by atoms with Gasteiger partial charge in [0.25, 0.3) is 0 Å². The summed E-state index contributed by atoms with van der Waals surface area (Å²) in [7, 11) is 1.96. The van der Waals surface area contributed by atoms with Crippen LogP contribution in [0.15, 0.2) is 10.7 Å². The molecule has 0 spiro atoms. The van der Waals surface area contributed by atoms with Crippen molar-refractivity contribution in [2.24, 2.45) is 12.8 Å². The second kappa shape index (κ2) is 3.40. The van der Waals surface area contributed by atoms with Crippen LogP contribution in [0.1, 0.15) is 5.69 Å². The van der Waals surface area contributed by atoms with E-state index in [0.29, 0.717) is 6.04 Å². The molecular weight excluding hydrogens is 232 g/mol. The Morgan fingerprint density at radius 2 is 2.38 bits per heavy atom. The number of nitrogens with two attached hydrogens (primary N) is 1. The largest absolute Gasteiger partial charge is 0.325 e. The Morgan fingerprint density at radius 1 is 1.69 bits per heavy atom. The SMILES string of the molecule is Cn1ncc(Br)c1CN1CC(N)C1. The Morgan fingerprint density at radius 3 is 2.85 bits per heavy atom. The van der Waals surface area contributed by atoms with Crippen LogP contribution in [0.5, 0.6) is 0 Å². The van der Waals surface area contributed by atoms with Crippen LogP contribution in [-0.4, -0.2) is 33.8 Å². The molecule has 0 atom stereocenters. The highest BCUT2D eigenvalue weighted by atomic mass is 79.9. The monoisotopic (exact) mass is 244 g/mol. The summed E-state index contributed by atoms with van der Waals surface area (Å²) in [5.41, 5.74) is 6.91. The van der Waals surface area contributed by atoms with Crippen LogP contribution < -0.4 is 5.73 Å². The van der Waals surface area contributed by atoms with Gasteiger partial charge in [-0.3, -0.25) is 9.58 Å². The van der Waals surface area contributed by atoms with Gasteiger partial charge < -0.3 is 5.73 Å². The lowest BCUT2D eigenvalue weighted by molar-refractivity contribution is 0.138. The minimum absolute atomic E-state index is 0.368. The van der Waals surface area contributed by atoms with E-state index in [1.807, 2.05) is 17.9 Å². The van der Waals surface area contributed by atoms with Gasteiger partial charge in [0.05, 0.1) is 16.4 Å². The Kier molecular flexibility index (Phi) is 2.40. The minimum Gasteiger partial charge on any atom is -0.325 e. The van der Waals surface area contributed by atoms with Crippen molar-refractivity contribution in [2.45, 2.75) is 12.6 Å². The summed E-state index contributed by atoms with van der Waals surface area (Å²) in [4.78, 5) is 2.31. The van der Waals surface area contributed by atoms with Gasteiger partial charge in [-0.25, -0.2) is 0 Å². The summed E-state index contributed by atoms with van der Waals surface area (Å²) < 4.78 is 2.98. The summed E-state index contributed by atoms with van der Waals surface area (Å²) in [6.07, 6.45) is 1.83. The van der Waals surface area contributed by atoms with Crippen molar-refractivity contribution in [3.05, 3.63) is 16.4 Å². The Bertz CT molecular complexity index is 284. The number of rotatable bonds is 2. The average molecular weight is 245 g/mol. The van der Waals surface area contributed by atoms with E-state index in [-0.39, 0.29) is 0 Å². The molecule has 72 valence electrons. The number of aromatic nitrogens is 2. The third kappa shape index (κ3) is 1.77. The van der Waals surface area contributed by atoms with Gasteiger partial charge in [0.15, 0.2) is 0 Å². The maximum Gasteiger partial charge on any atom is 0.0663 e. The number of nitrogens with zero attached hydrogens (tertiary/aromatic N) is 3. The van der Waals surface area contributed by atoms with Crippen LogP contribution in [0.25, 0.3) is 0 Å². The Hall–Kier alpha value is -0.390. The van der Waals surface area contributed by atoms with E-state index in [1.165, 1.54) is 5.69 Å². The Labute approximate surface area is 85.8 Å². The van der Waals surface area contributed by atoms with Gasteiger partial charge in [0.1, 0.15) is 0 Å². The van der Waals surface area contributed by atoms with Crippen LogP contribution in [0.2, 0.25) is 0 Å². The van der Waals surface area contributed by atoms with Gasteiger partial charge in [-0.05, 0) is 15.9 Å². The quantitative estimate of drug-likeness (QED) is 0.816. The number of likely N-dealkylation sites (tertiary alicyclic amines) is 1. The third-order valence-electron chi connectivity index (χ3n) is 2.37. The summed E-state index contributed by atoms with van der Waals surface area (Å²) >= 11 is 3.47. The molecule has 1 aliphatic heterocycles.